The molecule has 0 bridgehead atoms. The first-order valence-electron chi connectivity index (χ1n) is 3.71. The lowest BCUT2D eigenvalue weighted by Crippen LogP contribution is -1.97. The van der Waals surface area contributed by atoms with Crippen molar-refractivity contribution < 1.29 is 9.00 Å². The lowest BCUT2D eigenvalue weighted by molar-refractivity contribution is -0.107. The van der Waals surface area contributed by atoms with Crippen LogP contribution in [0.25, 0.3) is 0 Å². The average Bonchev–Trinajstić information content (AvgIpc) is 2.15. The van der Waals surface area contributed by atoms with Gasteiger partial charge in [0.05, 0.1) is 10.8 Å². The number of carbonyl (C=O) groups excluding carboxylic acids is 1. The first-order valence-corrected chi connectivity index (χ1v) is 5.03. The summed E-state index contributed by atoms with van der Waals surface area (Å²) in [6, 6.07) is 9.17. The van der Waals surface area contributed by atoms with E-state index in [1.54, 1.807) is 12.1 Å². The lowest BCUT2D eigenvalue weighted by atomic mass is 10.4. The SMILES string of the molecule is O=CCCS(=O)c1ccccc1. The van der Waals surface area contributed by atoms with Crippen molar-refractivity contribution >= 4 is 17.1 Å². The molecule has 0 saturated heterocycles. The second-order valence-electron chi connectivity index (χ2n) is 2.32. The van der Waals surface area contributed by atoms with E-state index in [2.05, 4.69) is 0 Å². The van der Waals surface area contributed by atoms with Crippen LogP contribution in [0, 0.1) is 0 Å². The van der Waals surface area contributed by atoms with E-state index >= 15 is 0 Å². The number of hydrogen-bond donors (Lipinski definition) is 0. The Hall–Kier alpha value is -0.960. The zero-order valence-electron chi connectivity index (χ0n) is 6.60. The maximum atomic E-state index is 11.4. The molecular formula is C9H10O2S. The third-order valence-electron chi connectivity index (χ3n) is 1.43. The summed E-state index contributed by atoms with van der Waals surface area (Å²) >= 11 is 0. The first kappa shape index (κ1) is 9.13. The van der Waals surface area contributed by atoms with E-state index in [0.29, 0.717) is 12.2 Å². The molecule has 1 aromatic carbocycles. The van der Waals surface area contributed by atoms with Gasteiger partial charge in [-0.25, -0.2) is 0 Å². The van der Waals surface area contributed by atoms with Crippen molar-refractivity contribution in [3.05, 3.63) is 30.3 Å². The summed E-state index contributed by atoms with van der Waals surface area (Å²) in [6.45, 7) is 0. The molecule has 0 aliphatic carbocycles. The van der Waals surface area contributed by atoms with Gasteiger partial charge in [0, 0.05) is 17.1 Å². The molecule has 0 amide bonds. The predicted octanol–water partition coefficient (Wildman–Crippen LogP) is 1.38. The number of carbonyl (C=O) groups is 1. The van der Waals surface area contributed by atoms with Gasteiger partial charge in [0.25, 0.3) is 0 Å². The minimum Gasteiger partial charge on any atom is -0.303 e. The van der Waals surface area contributed by atoms with Crippen molar-refractivity contribution in [1.29, 1.82) is 0 Å². The predicted molar refractivity (Wildman–Crippen MR) is 48.4 cm³/mol. The monoisotopic (exact) mass is 182 g/mol. The Morgan fingerprint density at radius 3 is 2.50 bits per heavy atom. The zero-order valence-corrected chi connectivity index (χ0v) is 7.42. The highest BCUT2D eigenvalue weighted by molar-refractivity contribution is 7.85. The summed E-state index contributed by atoms with van der Waals surface area (Å²) in [5, 5.41) is 0. The second kappa shape index (κ2) is 4.83. The van der Waals surface area contributed by atoms with Gasteiger partial charge in [-0.05, 0) is 12.1 Å². The molecule has 0 aliphatic rings. The van der Waals surface area contributed by atoms with Crippen LogP contribution in [-0.4, -0.2) is 16.2 Å². The number of rotatable bonds is 4. The third kappa shape index (κ3) is 2.58. The molecule has 0 saturated carbocycles. The molecule has 3 heteroatoms. The second-order valence-corrected chi connectivity index (χ2v) is 3.89. The Bertz CT molecular complexity index is 269. The molecule has 0 radical (unpaired) electrons. The number of benzene rings is 1. The van der Waals surface area contributed by atoms with Crippen LogP contribution in [0.3, 0.4) is 0 Å². The highest BCUT2D eigenvalue weighted by atomic mass is 32.2. The highest BCUT2D eigenvalue weighted by Gasteiger charge is 2.00. The van der Waals surface area contributed by atoms with E-state index in [-0.39, 0.29) is 0 Å². The molecular weight excluding hydrogens is 172 g/mol. The Labute approximate surface area is 74.1 Å². The van der Waals surface area contributed by atoms with Gasteiger partial charge in [-0.2, -0.15) is 0 Å². The normalized spacial score (nSPS) is 12.3. The molecule has 64 valence electrons. The lowest BCUT2D eigenvalue weighted by Gasteiger charge is -1.97. The molecule has 12 heavy (non-hydrogen) atoms. The number of hydrogen-bond acceptors (Lipinski definition) is 2. The fourth-order valence-electron chi connectivity index (χ4n) is 0.845. The van der Waals surface area contributed by atoms with Crippen LogP contribution in [0.1, 0.15) is 6.42 Å². The maximum absolute atomic E-state index is 11.4. The average molecular weight is 182 g/mol. The molecule has 0 heterocycles. The van der Waals surface area contributed by atoms with E-state index in [1.807, 2.05) is 18.2 Å². The van der Waals surface area contributed by atoms with E-state index in [9.17, 15) is 9.00 Å². The van der Waals surface area contributed by atoms with E-state index in [1.165, 1.54) is 0 Å². The van der Waals surface area contributed by atoms with Gasteiger partial charge < -0.3 is 4.79 Å². The Kier molecular flexibility index (Phi) is 3.67. The first-order chi connectivity index (χ1) is 5.84. The van der Waals surface area contributed by atoms with E-state index < -0.39 is 10.8 Å². The van der Waals surface area contributed by atoms with Crippen molar-refractivity contribution in [1.82, 2.24) is 0 Å². The van der Waals surface area contributed by atoms with Crippen molar-refractivity contribution in [2.45, 2.75) is 11.3 Å². The van der Waals surface area contributed by atoms with Gasteiger partial charge in [0.15, 0.2) is 0 Å². The van der Waals surface area contributed by atoms with Gasteiger partial charge in [0.1, 0.15) is 6.29 Å². The molecule has 1 unspecified atom stereocenters. The fourth-order valence-corrected chi connectivity index (χ4v) is 1.85. The van der Waals surface area contributed by atoms with Crippen molar-refractivity contribution in [3.8, 4) is 0 Å². The Morgan fingerprint density at radius 2 is 1.92 bits per heavy atom. The summed E-state index contributed by atoms with van der Waals surface area (Å²) in [4.78, 5) is 10.8. The smallest absolute Gasteiger partial charge is 0.120 e. The molecule has 0 N–H and O–H groups in total. The minimum atomic E-state index is -1.01. The van der Waals surface area contributed by atoms with Crippen LogP contribution in [0.15, 0.2) is 35.2 Å². The summed E-state index contributed by atoms with van der Waals surface area (Å²) in [7, 11) is -1.01. The van der Waals surface area contributed by atoms with Crippen LogP contribution in [0.5, 0.6) is 0 Å². The van der Waals surface area contributed by atoms with Crippen molar-refractivity contribution in [2.75, 3.05) is 5.75 Å². The standard InChI is InChI=1S/C9H10O2S/c10-7-4-8-12(11)9-5-2-1-3-6-9/h1-3,5-7H,4,8H2. The highest BCUT2D eigenvalue weighted by Crippen LogP contribution is 2.05. The minimum absolute atomic E-state index is 0.363. The van der Waals surface area contributed by atoms with Gasteiger partial charge in [-0.1, -0.05) is 18.2 Å². The van der Waals surface area contributed by atoms with Crippen LogP contribution in [-0.2, 0) is 15.6 Å². The molecule has 0 spiro atoms. The van der Waals surface area contributed by atoms with Gasteiger partial charge >= 0.3 is 0 Å². The molecule has 0 aliphatic heterocycles. The van der Waals surface area contributed by atoms with Gasteiger partial charge in [0.2, 0.25) is 0 Å². The van der Waals surface area contributed by atoms with Crippen LogP contribution in [0.4, 0.5) is 0 Å². The third-order valence-corrected chi connectivity index (χ3v) is 2.83. The zero-order chi connectivity index (χ0) is 8.81. The number of aldehydes is 1. The summed E-state index contributed by atoms with van der Waals surface area (Å²) in [6.07, 6.45) is 1.16. The largest absolute Gasteiger partial charge is 0.303 e. The van der Waals surface area contributed by atoms with Crippen LogP contribution >= 0.6 is 0 Å². The molecule has 2 nitrogen and oxygen atoms in total. The van der Waals surface area contributed by atoms with Gasteiger partial charge in [-0.15, -0.1) is 0 Å². The van der Waals surface area contributed by atoms with Crippen molar-refractivity contribution in [2.24, 2.45) is 0 Å². The molecule has 0 fully saturated rings. The topological polar surface area (TPSA) is 34.1 Å². The molecule has 0 aromatic heterocycles. The van der Waals surface area contributed by atoms with Crippen LogP contribution < -0.4 is 0 Å². The van der Waals surface area contributed by atoms with Gasteiger partial charge in [-0.3, -0.25) is 4.21 Å². The molecule has 1 rings (SSSR count). The Balaban J connectivity index is 2.59. The molecule has 1 aromatic rings. The van der Waals surface area contributed by atoms with Crippen LogP contribution in [0.2, 0.25) is 0 Å². The van der Waals surface area contributed by atoms with E-state index in [0.717, 1.165) is 11.2 Å². The quantitative estimate of drug-likeness (QED) is 0.659. The fraction of sp³-hybridized carbons (Fsp3) is 0.222. The van der Waals surface area contributed by atoms with Crippen molar-refractivity contribution in [3.63, 3.8) is 0 Å². The summed E-state index contributed by atoms with van der Waals surface area (Å²) < 4.78 is 11.4. The summed E-state index contributed by atoms with van der Waals surface area (Å²) in [5.74, 6) is 0.424. The molecule has 1 atom stereocenters. The Morgan fingerprint density at radius 1 is 1.25 bits per heavy atom. The maximum Gasteiger partial charge on any atom is 0.120 e. The van der Waals surface area contributed by atoms with E-state index in [4.69, 9.17) is 0 Å². The summed E-state index contributed by atoms with van der Waals surface area (Å²) in [5.41, 5.74) is 0.